The third-order valence-electron chi connectivity index (χ3n) is 3.34. The number of aromatic nitrogens is 2. The van der Waals surface area contributed by atoms with Gasteiger partial charge in [-0.1, -0.05) is 0 Å². The topological polar surface area (TPSA) is 40.7 Å². The molecule has 2 N–H and O–H groups in total. The quantitative estimate of drug-likeness (QED) is 0.894. The number of aromatic amines is 1. The lowest BCUT2D eigenvalue weighted by atomic mass is 10.1. The van der Waals surface area contributed by atoms with E-state index in [0.717, 1.165) is 34.3 Å². The van der Waals surface area contributed by atoms with E-state index in [9.17, 15) is 0 Å². The molecule has 1 saturated heterocycles. The summed E-state index contributed by atoms with van der Waals surface area (Å²) in [5.74, 6) is 1.09. The maximum atomic E-state index is 4.67. The predicted octanol–water partition coefficient (Wildman–Crippen LogP) is 2.93. The highest BCUT2D eigenvalue weighted by Gasteiger charge is 2.16. The number of fused-ring (bicyclic) bond motifs is 1. The first-order chi connectivity index (χ1) is 8.22. The molecule has 3 nitrogen and oxygen atoms in total. The molecule has 4 heteroatoms. The van der Waals surface area contributed by atoms with Crippen molar-refractivity contribution in [2.75, 3.05) is 6.54 Å². The van der Waals surface area contributed by atoms with E-state index in [-0.39, 0.29) is 0 Å². The zero-order chi connectivity index (χ0) is 11.8. The van der Waals surface area contributed by atoms with Gasteiger partial charge in [-0.3, -0.25) is 0 Å². The Bertz CT molecular complexity index is 541. The van der Waals surface area contributed by atoms with Crippen molar-refractivity contribution >= 4 is 27.0 Å². The molecule has 1 aromatic carbocycles. The summed E-state index contributed by atoms with van der Waals surface area (Å²) in [5, 5.41) is 3.50. The molecule has 1 aromatic heterocycles. The van der Waals surface area contributed by atoms with Crippen molar-refractivity contribution in [3.8, 4) is 0 Å². The van der Waals surface area contributed by atoms with E-state index in [0.29, 0.717) is 6.04 Å². The Hall–Kier alpha value is -0.870. The standard InChI is InChI=1S/C13H16BrN3/c1-8-5-10(14)13-11(6-8)16-12(17-13)7-9-3-2-4-15-9/h5-6,9,15H,2-4,7H2,1H3,(H,16,17). The lowest BCUT2D eigenvalue weighted by Gasteiger charge is -2.06. The van der Waals surface area contributed by atoms with Gasteiger partial charge in [0.1, 0.15) is 11.3 Å². The van der Waals surface area contributed by atoms with Crippen LogP contribution in [0.2, 0.25) is 0 Å². The van der Waals surface area contributed by atoms with Crippen LogP contribution in [0.4, 0.5) is 0 Å². The molecule has 1 aliphatic heterocycles. The Morgan fingerprint density at radius 2 is 2.35 bits per heavy atom. The number of nitrogens with one attached hydrogen (secondary N) is 2. The second kappa shape index (κ2) is 4.42. The minimum absolute atomic E-state index is 0.593. The van der Waals surface area contributed by atoms with E-state index in [2.05, 4.69) is 50.3 Å². The molecule has 0 radical (unpaired) electrons. The Labute approximate surface area is 109 Å². The Morgan fingerprint density at radius 1 is 1.47 bits per heavy atom. The predicted molar refractivity (Wildman–Crippen MR) is 73.3 cm³/mol. The van der Waals surface area contributed by atoms with Crippen LogP contribution in [0, 0.1) is 6.92 Å². The summed E-state index contributed by atoms with van der Waals surface area (Å²) >= 11 is 3.58. The summed E-state index contributed by atoms with van der Waals surface area (Å²) in [6.07, 6.45) is 3.55. The maximum Gasteiger partial charge on any atom is 0.108 e. The molecule has 17 heavy (non-hydrogen) atoms. The lowest BCUT2D eigenvalue weighted by Crippen LogP contribution is -2.24. The molecule has 0 aliphatic carbocycles. The molecule has 90 valence electrons. The van der Waals surface area contributed by atoms with Gasteiger partial charge in [0.05, 0.1) is 5.52 Å². The Balaban J connectivity index is 1.93. The van der Waals surface area contributed by atoms with Crippen molar-refractivity contribution in [2.45, 2.75) is 32.2 Å². The number of benzene rings is 1. The fourth-order valence-electron chi connectivity index (χ4n) is 2.52. The molecule has 2 aromatic rings. The molecule has 1 atom stereocenters. The summed E-state index contributed by atoms with van der Waals surface area (Å²) in [4.78, 5) is 8.10. The number of halogens is 1. The molecule has 3 rings (SSSR count). The second-order valence-corrected chi connectivity index (χ2v) is 5.68. The van der Waals surface area contributed by atoms with Gasteiger partial charge in [-0.05, 0) is 59.9 Å². The molecule has 1 aliphatic rings. The molecule has 1 fully saturated rings. The van der Waals surface area contributed by atoms with Crippen LogP contribution in [0.3, 0.4) is 0 Å². The van der Waals surface area contributed by atoms with E-state index < -0.39 is 0 Å². The number of H-pyrrole nitrogens is 1. The maximum absolute atomic E-state index is 4.67. The monoisotopic (exact) mass is 293 g/mol. The molecule has 0 bridgehead atoms. The first kappa shape index (κ1) is 11.2. The average Bonchev–Trinajstić information content (AvgIpc) is 2.87. The number of rotatable bonds is 2. The number of nitrogens with zero attached hydrogens (tertiary/aromatic N) is 1. The van der Waals surface area contributed by atoms with E-state index in [1.54, 1.807) is 0 Å². The smallest absolute Gasteiger partial charge is 0.108 e. The summed E-state index contributed by atoms with van der Waals surface area (Å²) in [6, 6.07) is 4.86. The highest BCUT2D eigenvalue weighted by Crippen LogP contribution is 2.24. The van der Waals surface area contributed by atoms with Gasteiger partial charge in [0.25, 0.3) is 0 Å². The van der Waals surface area contributed by atoms with E-state index in [1.165, 1.54) is 18.4 Å². The van der Waals surface area contributed by atoms with Gasteiger partial charge in [0, 0.05) is 16.9 Å². The highest BCUT2D eigenvalue weighted by atomic mass is 79.9. The molecule has 0 spiro atoms. The van der Waals surface area contributed by atoms with E-state index in [4.69, 9.17) is 0 Å². The first-order valence-corrected chi connectivity index (χ1v) is 6.90. The van der Waals surface area contributed by atoms with E-state index >= 15 is 0 Å². The van der Waals surface area contributed by atoms with Gasteiger partial charge in [-0.2, -0.15) is 0 Å². The summed E-state index contributed by atoms with van der Waals surface area (Å²) in [6.45, 7) is 3.25. The zero-order valence-corrected chi connectivity index (χ0v) is 11.5. The van der Waals surface area contributed by atoms with Crippen LogP contribution in [0.5, 0.6) is 0 Å². The second-order valence-electron chi connectivity index (χ2n) is 4.82. The van der Waals surface area contributed by atoms with Gasteiger partial charge in [0.15, 0.2) is 0 Å². The molecular weight excluding hydrogens is 278 g/mol. The van der Waals surface area contributed by atoms with Gasteiger partial charge < -0.3 is 10.3 Å². The fourth-order valence-corrected chi connectivity index (χ4v) is 3.19. The summed E-state index contributed by atoms with van der Waals surface area (Å²) in [5.41, 5.74) is 3.42. The summed E-state index contributed by atoms with van der Waals surface area (Å²) in [7, 11) is 0. The van der Waals surface area contributed by atoms with Crippen LogP contribution < -0.4 is 5.32 Å². The normalized spacial score (nSPS) is 20.2. The zero-order valence-electron chi connectivity index (χ0n) is 9.89. The molecular formula is C13H16BrN3. The lowest BCUT2D eigenvalue weighted by molar-refractivity contribution is 0.589. The average molecular weight is 294 g/mol. The minimum atomic E-state index is 0.593. The first-order valence-electron chi connectivity index (χ1n) is 6.10. The van der Waals surface area contributed by atoms with Crippen molar-refractivity contribution in [2.24, 2.45) is 0 Å². The molecule has 0 saturated carbocycles. The van der Waals surface area contributed by atoms with Gasteiger partial charge in [-0.15, -0.1) is 0 Å². The van der Waals surface area contributed by atoms with Crippen LogP contribution in [-0.2, 0) is 6.42 Å². The minimum Gasteiger partial charge on any atom is -0.342 e. The van der Waals surface area contributed by atoms with Crippen molar-refractivity contribution in [3.63, 3.8) is 0 Å². The van der Waals surface area contributed by atoms with Gasteiger partial charge in [-0.25, -0.2) is 4.98 Å². The van der Waals surface area contributed by atoms with Crippen LogP contribution in [0.1, 0.15) is 24.2 Å². The van der Waals surface area contributed by atoms with Crippen molar-refractivity contribution in [1.82, 2.24) is 15.3 Å². The van der Waals surface area contributed by atoms with Gasteiger partial charge >= 0.3 is 0 Å². The number of aryl methyl sites for hydroxylation is 1. The number of hydrogen-bond donors (Lipinski definition) is 2. The van der Waals surface area contributed by atoms with Crippen LogP contribution in [0.15, 0.2) is 16.6 Å². The van der Waals surface area contributed by atoms with E-state index in [1.807, 2.05) is 0 Å². The van der Waals surface area contributed by atoms with Crippen molar-refractivity contribution in [1.29, 1.82) is 0 Å². The molecule has 1 unspecified atom stereocenters. The van der Waals surface area contributed by atoms with Crippen molar-refractivity contribution in [3.05, 3.63) is 28.0 Å². The van der Waals surface area contributed by atoms with Crippen LogP contribution in [-0.4, -0.2) is 22.6 Å². The molecule has 0 amide bonds. The Morgan fingerprint density at radius 3 is 3.12 bits per heavy atom. The number of hydrogen-bond acceptors (Lipinski definition) is 2. The van der Waals surface area contributed by atoms with Crippen molar-refractivity contribution < 1.29 is 0 Å². The summed E-state index contributed by atoms with van der Waals surface area (Å²) < 4.78 is 1.08. The largest absolute Gasteiger partial charge is 0.342 e. The van der Waals surface area contributed by atoms with Crippen LogP contribution in [0.25, 0.3) is 11.0 Å². The SMILES string of the molecule is Cc1cc(Br)c2nc(CC3CCCN3)[nH]c2c1. The van der Waals surface area contributed by atoms with Gasteiger partial charge in [0.2, 0.25) is 0 Å². The highest BCUT2D eigenvalue weighted by molar-refractivity contribution is 9.10. The third kappa shape index (κ3) is 2.24. The van der Waals surface area contributed by atoms with Crippen LogP contribution >= 0.6 is 15.9 Å². The fraction of sp³-hybridized carbons (Fsp3) is 0.462. The Kier molecular flexibility index (Phi) is 2.92. The number of imidazole rings is 1. The molecule has 2 heterocycles. The third-order valence-corrected chi connectivity index (χ3v) is 3.94.